The zero-order chi connectivity index (χ0) is 19.2. The van der Waals surface area contributed by atoms with Crippen molar-refractivity contribution in [3.63, 3.8) is 0 Å². The lowest BCUT2D eigenvalue weighted by Crippen LogP contribution is -2.31. The van der Waals surface area contributed by atoms with Gasteiger partial charge in [0.05, 0.1) is 12.1 Å². The summed E-state index contributed by atoms with van der Waals surface area (Å²) < 4.78 is 0. The van der Waals surface area contributed by atoms with E-state index < -0.39 is 0 Å². The van der Waals surface area contributed by atoms with Crippen molar-refractivity contribution < 1.29 is 0 Å². The van der Waals surface area contributed by atoms with Crippen LogP contribution in [0.2, 0.25) is 0 Å². The molecule has 29 heavy (non-hydrogen) atoms. The monoisotopic (exact) mass is 379 g/mol. The van der Waals surface area contributed by atoms with Gasteiger partial charge in [-0.3, -0.25) is 0 Å². The number of para-hydroxylation sites is 1. The van der Waals surface area contributed by atoms with Crippen LogP contribution in [-0.2, 0) is 12.8 Å². The number of H-pyrrole nitrogens is 1. The predicted octanol–water partition coefficient (Wildman–Crippen LogP) is 5.50. The summed E-state index contributed by atoms with van der Waals surface area (Å²) in [6, 6.07) is 24.8. The van der Waals surface area contributed by atoms with E-state index in [4.69, 9.17) is 0 Å². The summed E-state index contributed by atoms with van der Waals surface area (Å²) in [6.07, 6.45) is 5.51. The van der Waals surface area contributed by atoms with E-state index in [0.29, 0.717) is 6.04 Å². The maximum absolute atomic E-state index is 3.81. The number of benzene rings is 3. The summed E-state index contributed by atoms with van der Waals surface area (Å²) in [5, 5.41) is 10.2. The fourth-order valence-corrected chi connectivity index (χ4v) is 5.20. The van der Waals surface area contributed by atoms with E-state index in [1.165, 1.54) is 44.4 Å². The Morgan fingerprint density at radius 3 is 2.55 bits per heavy atom. The second-order valence-electron chi connectivity index (χ2n) is 8.24. The Kier molecular flexibility index (Phi) is 3.95. The fraction of sp³-hybridized carbons (Fsp3) is 0.231. The first kappa shape index (κ1) is 16.9. The Balaban J connectivity index is 1.47. The summed E-state index contributed by atoms with van der Waals surface area (Å²) >= 11 is 0. The Morgan fingerprint density at radius 2 is 1.59 bits per heavy atom. The van der Waals surface area contributed by atoms with Gasteiger partial charge in [-0.1, -0.05) is 60.7 Å². The Bertz CT molecular complexity index is 1190. The molecule has 144 valence electrons. The van der Waals surface area contributed by atoms with E-state index in [-0.39, 0.29) is 6.04 Å². The molecule has 4 aromatic rings. The van der Waals surface area contributed by atoms with Crippen LogP contribution in [0.1, 0.15) is 46.5 Å². The number of aryl methyl sites for hydroxylation is 1. The average molecular weight is 380 g/mol. The molecular weight excluding hydrogens is 354 g/mol. The van der Waals surface area contributed by atoms with E-state index in [1.54, 1.807) is 0 Å². The third kappa shape index (κ3) is 2.77. The smallest absolute Gasteiger partial charge is 0.0738 e. The zero-order valence-electron chi connectivity index (χ0n) is 16.4. The van der Waals surface area contributed by atoms with Gasteiger partial charge >= 0.3 is 0 Å². The van der Waals surface area contributed by atoms with Crippen LogP contribution in [0.3, 0.4) is 0 Å². The molecule has 0 fully saturated rings. The molecule has 0 bridgehead atoms. The van der Waals surface area contributed by atoms with Gasteiger partial charge in [-0.05, 0) is 53.0 Å². The standard InChI is InChI=1S/C26H25N3/c1-3-9-20-17(6-1)14-15-27-25(20)26-24-19(16-28-26)8-5-10-21(24)23-13-12-18-7-2-4-11-22(18)29-23/h1-11,16,23,25,27-29H,12-15H2. The number of nitrogens with one attached hydrogen (secondary N) is 3. The van der Waals surface area contributed by atoms with Crippen molar-refractivity contribution in [3.05, 3.63) is 101 Å². The second kappa shape index (κ2) is 6.78. The lowest BCUT2D eigenvalue weighted by molar-refractivity contribution is 0.561. The molecule has 3 heterocycles. The molecule has 3 N–H and O–H groups in total. The van der Waals surface area contributed by atoms with Gasteiger partial charge in [0.15, 0.2) is 0 Å². The lowest BCUT2D eigenvalue weighted by Gasteiger charge is -2.30. The highest BCUT2D eigenvalue weighted by molar-refractivity contribution is 5.90. The van der Waals surface area contributed by atoms with Crippen molar-refractivity contribution in [1.82, 2.24) is 10.3 Å². The highest BCUT2D eigenvalue weighted by atomic mass is 15.0. The van der Waals surface area contributed by atoms with E-state index in [9.17, 15) is 0 Å². The first-order valence-electron chi connectivity index (χ1n) is 10.6. The van der Waals surface area contributed by atoms with Gasteiger partial charge in [-0.15, -0.1) is 0 Å². The highest BCUT2D eigenvalue weighted by Crippen LogP contribution is 2.39. The summed E-state index contributed by atoms with van der Waals surface area (Å²) in [6.45, 7) is 1.01. The van der Waals surface area contributed by atoms with Crippen molar-refractivity contribution in [2.45, 2.75) is 31.3 Å². The van der Waals surface area contributed by atoms with Crippen molar-refractivity contribution in [3.8, 4) is 0 Å². The van der Waals surface area contributed by atoms with Gasteiger partial charge in [-0.2, -0.15) is 0 Å². The molecule has 2 unspecified atom stereocenters. The van der Waals surface area contributed by atoms with Gasteiger partial charge in [-0.25, -0.2) is 0 Å². The number of rotatable bonds is 2. The van der Waals surface area contributed by atoms with E-state index in [1.807, 2.05) is 0 Å². The molecule has 0 amide bonds. The molecule has 0 saturated carbocycles. The third-order valence-electron chi connectivity index (χ3n) is 6.60. The van der Waals surface area contributed by atoms with Crippen molar-refractivity contribution in [2.24, 2.45) is 0 Å². The van der Waals surface area contributed by atoms with Crippen molar-refractivity contribution in [1.29, 1.82) is 0 Å². The van der Waals surface area contributed by atoms with Crippen LogP contribution in [0, 0.1) is 0 Å². The van der Waals surface area contributed by atoms with Gasteiger partial charge < -0.3 is 15.6 Å². The number of hydrogen-bond donors (Lipinski definition) is 3. The number of hydrogen-bond acceptors (Lipinski definition) is 2. The van der Waals surface area contributed by atoms with Gasteiger partial charge in [0, 0.05) is 29.5 Å². The average Bonchev–Trinajstić information content (AvgIpc) is 3.22. The maximum Gasteiger partial charge on any atom is 0.0738 e. The van der Waals surface area contributed by atoms with Crippen LogP contribution in [0.4, 0.5) is 5.69 Å². The highest BCUT2D eigenvalue weighted by Gasteiger charge is 2.27. The summed E-state index contributed by atoms with van der Waals surface area (Å²) in [4.78, 5) is 3.63. The molecule has 0 saturated heterocycles. The van der Waals surface area contributed by atoms with Crippen LogP contribution in [0.15, 0.2) is 72.9 Å². The molecule has 0 radical (unpaired) electrons. The molecule has 0 spiro atoms. The molecule has 3 aromatic carbocycles. The van der Waals surface area contributed by atoms with Crippen molar-refractivity contribution in [2.75, 3.05) is 11.9 Å². The molecule has 6 rings (SSSR count). The van der Waals surface area contributed by atoms with Crippen LogP contribution in [0.25, 0.3) is 10.8 Å². The predicted molar refractivity (Wildman–Crippen MR) is 119 cm³/mol. The van der Waals surface area contributed by atoms with E-state index in [2.05, 4.69) is 88.5 Å². The molecule has 0 aliphatic carbocycles. The number of aromatic amines is 1. The Labute approximate surface area is 171 Å². The quantitative estimate of drug-likeness (QED) is 0.430. The molecule has 1 aromatic heterocycles. The fourth-order valence-electron chi connectivity index (χ4n) is 5.20. The van der Waals surface area contributed by atoms with Crippen LogP contribution in [0.5, 0.6) is 0 Å². The topological polar surface area (TPSA) is 39.9 Å². The molecule has 3 heteroatoms. The number of fused-ring (bicyclic) bond motifs is 3. The van der Waals surface area contributed by atoms with Crippen LogP contribution in [-0.4, -0.2) is 11.5 Å². The minimum absolute atomic E-state index is 0.217. The van der Waals surface area contributed by atoms with Gasteiger partial charge in [0.2, 0.25) is 0 Å². The second-order valence-corrected chi connectivity index (χ2v) is 8.24. The SMILES string of the molecule is c1ccc2c(c1)CCC(c1cccc3c[nH]c(C4NCCc5ccccc54)c13)N2. The number of aromatic nitrogens is 1. The van der Waals surface area contributed by atoms with Gasteiger partial charge in [0.1, 0.15) is 0 Å². The minimum Gasteiger partial charge on any atom is -0.378 e. The minimum atomic E-state index is 0.217. The molecular formula is C26H25N3. The molecule has 2 aliphatic heterocycles. The normalized spacial score (nSPS) is 20.7. The van der Waals surface area contributed by atoms with E-state index in [0.717, 1.165) is 25.8 Å². The molecule has 2 aliphatic rings. The first-order valence-corrected chi connectivity index (χ1v) is 10.6. The van der Waals surface area contributed by atoms with Crippen molar-refractivity contribution >= 4 is 16.5 Å². The largest absolute Gasteiger partial charge is 0.378 e. The third-order valence-corrected chi connectivity index (χ3v) is 6.60. The van der Waals surface area contributed by atoms with E-state index >= 15 is 0 Å². The summed E-state index contributed by atoms with van der Waals surface area (Å²) in [5.41, 5.74) is 8.26. The zero-order valence-corrected chi connectivity index (χ0v) is 16.4. The molecule has 3 nitrogen and oxygen atoms in total. The Morgan fingerprint density at radius 1 is 0.759 bits per heavy atom. The van der Waals surface area contributed by atoms with Crippen LogP contribution >= 0.6 is 0 Å². The van der Waals surface area contributed by atoms with Crippen LogP contribution < -0.4 is 10.6 Å². The maximum atomic E-state index is 3.81. The number of anilines is 1. The van der Waals surface area contributed by atoms with Gasteiger partial charge in [0.25, 0.3) is 0 Å². The lowest BCUT2D eigenvalue weighted by atomic mass is 9.87. The first-order chi connectivity index (χ1) is 14.4. The molecule has 2 atom stereocenters. The summed E-state index contributed by atoms with van der Waals surface area (Å²) in [7, 11) is 0. The Hall–Kier alpha value is -3.04. The summed E-state index contributed by atoms with van der Waals surface area (Å²) in [5.74, 6) is 0.